The zero-order valence-electron chi connectivity index (χ0n) is 11.0. The number of rotatable bonds is 6. The zero-order chi connectivity index (χ0) is 13.1. The summed E-state index contributed by atoms with van der Waals surface area (Å²) >= 11 is 9.39. The standard InChI is InChI=1S/C12H21BrClN3/c1-5-17-10(11(13)9(2)16-17)8-15-12(3,4)6-7-14/h15H,5-8H2,1-4H3. The van der Waals surface area contributed by atoms with Crippen molar-refractivity contribution in [3.8, 4) is 0 Å². The van der Waals surface area contributed by atoms with Crippen LogP contribution in [0.25, 0.3) is 0 Å². The first-order valence-corrected chi connectivity index (χ1v) is 7.26. The Morgan fingerprint density at radius 3 is 2.65 bits per heavy atom. The summed E-state index contributed by atoms with van der Waals surface area (Å²) in [5, 5.41) is 8.01. The second kappa shape index (κ2) is 6.21. The molecule has 1 rings (SSSR count). The number of halogens is 2. The molecule has 0 amide bonds. The van der Waals surface area contributed by atoms with Crippen molar-refractivity contribution in [1.29, 1.82) is 0 Å². The van der Waals surface area contributed by atoms with Gasteiger partial charge in [0.2, 0.25) is 0 Å². The molecule has 1 N–H and O–H groups in total. The van der Waals surface area contributed by atoms with Gasteiger partial charge >= 0.3 is 0 Å². The van der Waals surface area contributed by atoms with Crippen molar-refractivity contribution in [3.05, 3.63) is 15.9 Å². The second-order valence-corrected chi connectivity index (χ2v) is 6.01. The molecular formula is C12H21BrClN3. The average Bonchev–Trinajstić information content (AvgIpc) is 2.52. The Morgan fingerprint density at radius 1 is 1.47 bits per heavy atom. The highest BCUT2D eigenvalue weighted by molar-refractivity contribution is 9.10. The maximum Gasteiger partial charge on any atom is 0.0739 e. The number of aromatic nitrogens is 2. The topological polar surface area (TPSA) is 29.9 Å². The molecule has 5 heteroatoms. The number of nitrogens with zero attached hydrogens (tertiary/aromatic N) is 2. The summed E-state index contributed by atoms with van der Waals surface area (Å²) < 4.78 is 3.14. The predicted octanol–water partition coefficient (Wildman–Crippen LogP) is 3.47. The molecule has 0 aliphatic heterocycles. The summed E-state index contributed by atoms with van der Waals surface area (Å²) in [7, 11) is 0. The fourth-order valence-corrected chi connectivity index (χ4v) is 2.58. The van der Waals surface area contributed by atoms with Crippen molar-refractivity contribution in [3.63, 3.8) is 0 Å². The monoisotopic (exact) mass is 321 g/mol. The first-order chi connectivity index (χ1) is 7.91. The van der Waals surface area contributed by atoms with Gasteiger partial charge in [0.25, 0.3) is 0 Å². The van der Waals surface area contributed by atoms with Gasteiger partial charge in [-0.2, -0.15) is 5.10 Å². The summed E-state index contributed by atoms with van der Waals surface area (Å²) in [6, 6.07) is 0. The lowest BCUT2D eigenvalue weighted by Crippen LogP contribution is -2.39. The highest BCUT2D eigenvalue weighted by Gasteiger charge is 2.19. The molecule has 3 nitrogen and oxygen atoms in total. The zero-order valence-corrected chi connectivity index (χ0v) is 13.3. The van der Waals surface area contributed by atoms with Crippen LogP contribution >= 0.6 is 27.5 Å². The molecule has 0 saturated heterocycles. The van der Waals surface area contributed by atoms with Crippen LogP contribution < -0.4 is 5.32 Å². The third-order valence-corrected chi connectivity index (χ3v) is 4.13. The molecule has 0 fully saturated rings. The van der Waals surface area contributed by atoms with E-state index in [9.17, 15) is 0 Å². The van der Waals surface area contributed by atoms with Gasteiger partial charge < -0.3 is 5.32 Å². The van der Waals surface area contributed by atoms with Crippen LogP contribution in [0.5, 0.6) is 0 Å². The summed E-state index contributed by atoms with van der Waals surface area (Å²) in [5.74, 6) is 0.674. The molecule has 0 spiro atoms. The molecule has 0 aromatic carbocycles. The Labute approximate surface area is 117 Å². The molecule has 1 aromatic rings. The van der Waals surface area contributed by atoms with Crippen LogP contribution in [0.2, 0.25) is 0 Å². The van der Waals surface area contributed by atoms with Crippen LogP contribution in [0.15, 0.2) is 4.47 Å². The van der Waals surface area contributed by atoms with Gasteiger partial charge in [0.1, 0.15) is 0 Å². The van der Waals surface area contributed by atoms with Crippen molar-refractivity contribution in [2.24, 2.45) is 0 Å². The fourth-order valence-electron chi connectivity index (χ4n) is 1.69. The maximum atomic E-state index is 5.79. The Morgan fingerprint density at radius 2 is 2.12 bits per heavy atom. The van der Waals surface area contributed by atoms with Crippen LogP contribution in [0.1, 0.15) is 38.6 Å². The van der Waals surface area contributed by atoms with Crippen molar-refractivity contribution >= 4 is 27.5 Å². The normalized spacial score (nSPS) is 12.1. The Kier molecular flexibility index (Phi) is 5.48. The molecule has 1 aromatic heterocycles. The minimum absolute atomic E-state index is 0.0535. The summed E-state index contributed by atoms with van der Waals surface area (Å²) in [5.41, 5.74) is 2.30. The van der Waals surface area contributed by atoms with Gasteiger partial charge in [-0.15, -0.1) is 11.6 Å². The van der Waals surface area contributed by atoms with Crippen molar-refractivity contribution in [2.75, 3.05) is 5.88 Å². The van der Waals surface area contributed by atoms with Crippen LogP contribution in [-0.4, -0.2) is 21.2 Å². The molecule has 17 heavy (non-hydrogen) atoms. The first-order valence-electron chi connectivity index (χ1n) is 5.94. The summed E-state index contributed by atoms with van der Waals surface area (Å²) in [4.78, 5) is 0. The molecule has 0 bridgehead atoms. The van der Waals surface area contributed by atoms with E-state index in [2.05, 4.69) is 47.1 Å². The van der Waals surface area contributed by atoms with Crippen molar-refractivity contribution < 1.29 is 0 Å². The number of nitrogens with one attached hydrogen (secondary N) is 1. The van der Waals surface area contributed by atoms with Crippen molar-refractivity contribution in [2.45, 2.75) is 52.7 Å². The van der Waals surface area contributed by atoms with Gasteiger partial charge in [-0.25, -0.2) is 0 Å². The quantitative estimate of drug-likeness (QED) is 0.813. The number of alkyl halides is 1. The van der Waals surface area contributed by atoms with E-state index in [4.69, 9.17) is 11.6 Å². The van der Waals surface area contributed by atoms with Gasteiger partial charge in [0, 0.05) is 24.5 Å². The SMILES string of the molecule is CCn1nc(C)c(Br)c1CNC(C)(C)CCCl. The Balaban J connectivity index is 2.75. The van der Waals surface area contributed by atoms with Crippen molar-refractivity contribution in [1.82, 2.24) is 15.1 Å². The lowest BCUT2D eigenvalue weighted by Gasteiger charge is -2.25. The maximum absolute atomic E-state index is 5.79. The molecule has 0 saturated carbocycles. The van der Waals surface area contributed by atoms with E-state index in [1.165, 1.54) is 5.69 Å². The van der Waals surface area contributed by atoms with Crippen LogP contribution in [0, 0.1) is 6.92 Å². The first kappa shape index (κ1) is 15.0. The van der Waals surface area contributed by atoms with Gasteiger partial charge in [-0.3, -0.25) is 4.68 Å². The third-order valence-electron chi connectivity index (χ3n) is 2.91. The van der Waals surface area contributed by atoms with Gasteiger partial charge in [-0.1, -0.05) is 0 Å². The van der Waals surface area contributed by atoms with E-state index in [0.717, 1.165) is 29.7 Å². The average molecular weight is 323 g/mol. The minimum atomic E-state index is 0.0535. The lowest BCUT2D eigenvalue weighted by atomic mass is 10.0. The smallest absolute Gasteiger partial charge is 0.0739 e. The number of aryl methyl sites for hydroxylation is 2. The summed E-state index contributed by atoms with van der Waals surface area (Å²) in [6.07, 6.45) is 0.950. The largest absolute Gasteiger partial charge is 0.306 e. The highest BCUT2D eigenvalue weighted by Crippen LogP contribution is 2.22. The van der Waals surface area contributed by atoms with Crippen LogP contribution in [0.3, 0.4) is 0 Å². The predicted molar refractivity (Wildman–Crippen MR) is 76.6 cm³/mol. The van der Waals surface area contributed by atoms with Gasteiger partial charge in [-0.05, 0) is 50.0 Å². The second-order valence-electron chi connectivity index (χ2n) is 4.84. The molecule has 0 aliphatic carbocycles. The molecule has 0 aliphatic rings. The van der Waals surface area contributed by atoms with E-state index in [-0.39, 0.29) is 5.54 Å². The molecule has 98 valence electrons. The van der Waals surface area contributed by atoms with E-state index in [0.29, 0.717) is 5.88 Å². The van der Waals surface area contributed by atoms with Crippen LogP contribution in [0.4, 0.5) is 0 Å². The molecular weight excluding hydrogens is 302 g/mol. The fraction of sp³-hybridized carbons (Fsp3) is 0.750. The molecule has 0 radical (unpaired) electrons. The van der Waals surface area contributed by atoms with E-state index in [1.54, 1.807) is 0 Å². The molecule has 1 heterocycles. The van der Waals surface area contributed by atoms with E-state index < -0.39 is 0 Å². The third kappa shape index (κ3) is 3.97. The number of hydrogen-bond donors (Lipinski definition) is 1. The number of hydrogen-bond acceptors (Lipinski definition) is 2. The highest BCUT2D eigenvalue weighted by atomic mass is 79.9. The Bertz CT molecular complexity index is 374. The van der Waals surface area contributed by atoms with E-state index in [1.807, 2.05) is 11.6 Å². The van der Waals surface area contributed by atoms with Gasteiger partial charge in [0.15, 0.2) is 0 Å². The minimum Gasteiger partial charge on any atom is -0.306 e. The van der Waals surface area contributed by atoms with Gasteiger partial charge in [0.05, 0.1) is 15.9 Å². The molecule has 0 atom stereocenters. The van der Waals surface area contributed by atoms with E-state index >= 15 is 0 Å². The molecule has 0 unspecified atom stereocenters. The summed E-state index contributed by atoms with van der Waals surface area (Å²) in [6.45, 7) is 10.2. The Hall–Kier alpha value is -0.0600. The van der Waals surface area contributed by atoms with Crippen LogP contribution in [-0.2, 0) is 13.1 Å². The lowest BCUT2D eigenvalue weighted by molar-refractivity contribution is 0.368.